The predicted octanol–water partition coefficient (Wildman–Crippen LogP) is 5.18. The van der Waals surface area contributed by atoms with E-state index in [4.69, 9.17) is 9.15 Å². The minimum atomic E-state index is -0.805. The number of carbonyl (C=O) groups is 2. The number of furan rings is 1. The lowest BCUT2D eigenvalue weighted by Gasteiger charge is -2.24. The van der Waals surface area contributed by atoms with E-state index in [1.54, 1.807) is 60.9 Å². The molecule has 4 aromatic rings. The smallest absolute Gasteiger partial charge is 0.296 e. The van der Waals surface area contributed by atoms with Crippen LogP contribution in [-0.2, 0) is 22.7 Å². The van der Waals surface area contributed by atoms with E-state index in [9.17, 15) is 14.7 Å². The van der Waals surface area contributed by atoms with Crippen LogP contribution in [0.25, 0.3) is 5.76 Å². The lowest BCUT2D eigenvalue weighted by Crippen LogP contribution is -2.29. The zero-order valence-electron chi connectivity index (χ0n) is 19.6. The molecule has 0 spiro atoms. The number of ether oxygens (including phenoxy) is 1. The number of carbonyl (C=O) groups excluding carboxylic acids is 2. The molecule has 1 fully saturated rings. The number of aliphatic hydroxyl groups is 1. The van der Waals surface area contributed by atoms with Gasteiger partial charge in [-0.25, -0.2) is 0 Å². The third kappa shape index (κ3) is 4.51. The number of hydrogen-bond acceptors (Lipinski definition) is 6. The normalized spacial score (nSPS) is 16.9. The number of benzene rings is 2. The predicted molar refractivity (Wildman–Crippen MR) is 133 cm³/mol. The van der Waals surface area contributed by atoms with Crippen molar-refractivity contribution in [3.8, 4) is 5.75 Å². The topological polar surface area (TPSA) is 92.9 Å². The first-order valence-corrected chi connectivity index (χ1v) is 11.5. The highest BCUT2D eigenvalue weighted by molar-refractivity contribution is 6.46. The molecule has 1 aliphatic rings. The van der Waals surface area contributed by atoms with E-state index in [2.05, 4.69) is 4.98 Å². The SMILES string of the molecule is Cc1ccccc1COc1ccc(C(O)=C2C(=O)C(=O)N(Cc3ccco3)C2c2cccnc2)cc1. The van der Waals surface area contributed by atoms with Gasteiger partial charge < -0.3 is 19.2 Å². The zero-order valence-corrected chi connectivity index (χ0v) is 19.6. The summed E-state index contributed by atoms with van der Waals surface area (Å²) in [6.07, 6.45) is 4.70. The highest BCUT2D eigenvalue weighted by atomic mass is 16.5. The van der Waals surface area contributed by atoms with E-state index < -0.39 is 17.7 Å². The molecule has 1 saturated heterocycles. The number of aliphatic hydroxyl groups excluding tert-OH is 1. The summed E-state index contributed by atoms with van der Waals surface area (Å²) in [7, 11) is 0. The molecule has 1 atom stereocenters. The van der Waals surface area contributed by atoms with Gasteiger partial charge in [0.15, 0.2) is 0 Å². The zero-order chi connectivity index (χ0) is 25.1. The van der Waals surface area contributed by atoms with Crippen molar-refractivity contribution in [2.45, 2.75) is 26.1 Å². The summed E-state index contributed by atoms with van der Waals surface area (Å²) in [5, 5.41) is 11.2. The maximum atomic E-state index is 13.1. The Hall–Kier alpha value is -4.65. The van der Waals surface area contributed by atoms with Crippen molar-refractivity contribution in [1.29, 1.82) is 0 Å². The lowest BCUT2D eigenvalue weighted by atomic mass is 9.96. The van der Waals surface area contributed by atoms with Gasteiger partial charge in [-0.3, -0.25) is 14.6 Å². The first kappa shape index (κ1) is 23.1. The summed E-state index contributed by atoms with van der Waals surface area (Å²) in [5.74, 6) is -0.569. The number of pyridine rings is 1. The van der Waals surface area contributed by atoms with Crippen molar-refractivity contribution in [3.05, 3.63) is 125 Å². The van der Waals surface area contributed by atoms with Gasteiger partial charge in [-0.2, -0.15) is 0 Å². The molecule has 5 rings (SSSR count). The van der Waals surface area contributed by atoms with Gasteiger partial charge >= 0.3 is 0 Å². The molecule has 1 unspecified atom stereocenters. The number of aromatic nitrogens is 1. The Morgan fingerprint density at radius 3 is 2.53 bits per heavy atom. The van der Waals surface area contributed by atoms with Crippen molar-refractivity contribution < 1.29 is 23.8 Å². The van der Waals surface area contributed by atoms with E-state index in [0.717, 1.165) is 11.1 Å². The molecular formula is C29H24N2O5. The number of aryl methyl sites for hydroxylation is 1. The van der Waals surface area contributed by atoms with Gasteiger partial charge in [0, 0.05) is 18.0 Å². The van der Waals surface area contributed by atoms with Crippen molar-refractivity contribution in [1.82, 2.24) is 9.88 Å². The van der Waals surface area contributed by atoms with Gasteiger partial charge in [-0.1, -0.05) is 30.3 Å². The maximum absolute atomic E-state index is 13.1. The number of nitrogens with zero attached hydrogens (tertiary/aromatic N) is 2. The molecule has 1 amide bonds. The van der Waals surface area contributed by atoms with E-state index in [0.29, 0.717) is 29.2 Å². The number of hydrogen-bond donors (Lipinski definition) is 1. The van der Waals surface area contributed by atoms with Gasteiger partial charge in [0.25, 0.3) is 11.7 Å². The van der Waals surface area contributed by atoms with Crippen LogP contribution >= 0.6 is 0 Å². The minimum absolute atomic E-state index is 0.00753. The molecule has 0 radical (unpaired) electrons. The van der Waals surface area contributed by atoms with Crippen molar-refractivity contribution >= 4 is 17.4 Å². The van der Waals surface area contributed by atoms with Crippen LogP contribution < -0.4 is 4.74 Å². The molecule has 1 aliphatic heterocycles. The van der Waals surface area contributed by atoms with Crippen LogP contribution in [0, 0.1) is 6.92 Å². The van der Waals surface area contributed by atoms with Gasteiger partial charge in [0.1, 0.15) is 23.9 Å². The quantitative estimate of drug-likeness (QED) is 0.222. The second kappa shape index (κ2) is 9.92. The number of Topliss-reactive ketones (excluding diaryl/α,β-unsaturated/α-hetero) is 1. The Balaban J connectivity index is 1.46. The van der Waals surface area contributed by atoms with Gasteiger partial charge in [-0.15, -0.1) is 0 Å². The standard InChI is InChI=1S/C29H24N2O5/c1-19-6-2-3-7-22(19)18-36-23-12-10-20(11-13-23)27(32)25-26(21-8-4-14-30-16-21)31(29(34)28(25)33)17-24-9-5-15-35-24/h2-16,26,32H,17-18H2,1H3. The Kier molecular flexibility index (Phi) is 6.36. The third-order valence-corrected chi connectivity index (χ3v) is 6.23. The molecule has 7 nitrogen and oxygen atoms in total. The van der Waals surface area contributed by atoms with E-state index in [1.165, 1.54) is 11.2 Å². The van der Waals surface area contributed by atoms with Crippen LogP contribution in [-0.4, -0.2) is 26.7 Å². The van der Waals surface area contributed by atoms with Crippen LogP contribution in [0.2, 0.25) is 0 Å². The second-order valence-corrected chi connectivity index (χ2v) is 8.53. The summed E-state index contributed by atoms with van der Waals surface area (Å²) in [6, 6.07) is 20.9. The molecule has 1 N–H and O–H groups in total. The average molecular weight is 481 g/mol. The molecular weight excluding hydrogens is 456 g/mol. The first-order chi connectivity index (χ1) is 17.5. The van der Waals surface area contributed by atoms with Crippen molar-refractivity contribution in [2.75, 3.05) is 0 Å². The molecule has 0 bridgehead atoms. The molecule has 0 saturated carbocycles. The monoisotopic (exact) mass is 480 g/mol. The van der Waals surface area contributed by atoms with Gasteiger partial charge in [0.2, 0.25) is 0 Å². The molecule has 2 aromatic heterocycles. The Morgan fingerprint density at radius 1 is 1.03 bits per heavy atom. The lowest BCUT2D eigenvalue weighted by molar-refractivity contribution is -0.140. The number of ketones is 1. The highest BCUT2D eigenvalue weighted by Gasteiger charge is 2.46. The summed E-state index contributed by atoms with van der Waals surface area (Å²) < 4.78 is 11.3. The van der Waals surface area contributed by atoms with Gasteiger partial charge in [-0.05, 0) is 66.1 Å². The summed E-state index contributed by atoms with van der Waals surface area (Å²) >= 11 is 0. The summed E-state index contributed by atoms with van der Waals surface area (Å²) in [5.41, 5.74) is 3.25. The molecule has 7 heteroatoms. The van der Waals surface area contributed by atoms with Crippen LogP contribution in [0.5, 0.6) is 5.75 Å². The Morgan fingerprint density at radius 2 is 1.83 bits per heavy atom. The Labute approximate surface area is 208 Å². The molecule has 0 aliphatic carbocycles. The molecule has 180 valence electrons. The second-order valence-electron chi connectivity index (χ2n) is 8.53. The number of amides is 1. The Bertz CT molecular complexity index is 1410. The molecule has 2 aromatic carbocycles. The van der Waals surface area contributed by atoms with Gasteiger partial charge in [0.05, 0.1) is 24.4 Å². The van der Waals surface area contributed by atoms with Crippen molar-refractivity contribution in [3.63, 3.8) is 0 Å². The summed E-state index contributed by atoms with van der Waals surface area (Å²) in [4.78, 5) is 31.7. The average Bonchev–Trinajstić information content (AvgIpc) is 3.51. The fourth-order valence-corrected chi connectivity index (χ4v) is 4.30. The van der Waals surface area contributed by atoms with Crippen LogP contribution in [0.1, 0.15) is 34.1 Å². The third-order valence-electron chi connectivity index (χ3n) is 6.23. The fraction of sp³-hybridized carbons (Fsp3) is 0.138. The van der Waals surface area contributed by atoms with E-state index in [-0.39, 0.29) is 17.9 Å². The molecule has 3 heterocycles. The van der Waals surface area contributed by atoms with E-state index in [1.807, 2.05) is 31.2 Å². The maximum Gasteiger partial charge on any atom is 0.296 e. The largest absolute Gasteiger partial charge is 0.507 e. The minimum Gasteiger partial charge on any atom is -0.507 e. The van der Waals surface area contributed by atoms with Crippen LogP contribution in [0.4, 0.5) is 0 Å². The fourth-order valence-electron chi connectivity index (χ4n) is 4.30. The first-order valence-electron chi connectivity index (χ1n) is 11.5. The number of likely N-dealkylation sites (tertiary alicyclic amines) is 1. The van der Waals surface area contributed by atoms with Crippen LogP contribution in [0.3, 0.4) is 0 Å². The summed E-state index contributed by atoms with van der Waals surface area (Å²) in [6.45, 7) is 2.52. The van der Waals surface area contributed by atoms with E-state index >= 15 is 0 Å². The highest BCUT2D eigenvalue weighted by Crippen LogP contribution is 2.40. The van der Waals surface area contributed by atoms with Crippen molar-refractivity contribution in [2.24, 2.45) is 0 Å². The van der Waals surface area contributed by atoms with Crippen LogP contribution in [0.15, 0.2) is 101 Å². The molecule has 36 heavy (non-hydrogen) atoms. The number of rotatable bonds is 7.